The van der Waals surface area contributed by atoms with Crippen LogP contribution in [0.1, 0.15) is 16.9 Å². The van der Waals surface area contributed by atoms with Crippen LogP contribution in [0.2, 0.25) is 0 Å². The largest absolute Gasteiger partial charge is 0.463 e. The van der Waals surface area contributed by atoms with Crippen LogP contribution in [0.3, 0.4) is 0 Å². The van der Waals surface area contributed by atoms with Crippen molar-refractivity contribution in [2.24, 2.45) is 5.10 Å². The quantitative estimate of drug-likeness (QED) is 0.636. The smallest absolute Gasteiger partial charge is 0.260 e. The number of hydrazone groups is 1. The van der Waals surface area contributed by atoms with E-state index < -0.39 is 15.9 Å². The van der Waals surface area contributed by atoms with Gasteiger partial charge in [0.05, 0.1) is 24.4 Å². The minimum Gasteiger partial charge on any atom is -0.463 e. The summed E-state index contributed by atoms with van der Waals surface area (Å²) in [5.41, 5.74) is 4.70. The van der Waals surface area contributed by atoms with Gasteiger partial charge in [0.25, 0.3) is 5.91 Å². The molecule has 1 N–H and O–H groups in total. The number of amides is 1. The van der Waals surface area contributed by atoms with Crippen molar-refractivity contribution >= 4 is 27.8 Å². The monoisotopic (exact) mass is 349 g/mol. The molecule has 2 aromatic rings. The predicted molar refractivity (Wildman–Crippen MR) is 92.6 cm³/mol. The molecule has 1 aromatic heterocycles. The highest BCUT2D eigenvalue weighted by Crippen LogP contribution is 2.20. The van der Waals surface area contributed by atoms with Crippen molar-refractivity contribution in [1.29, 1.82) is 0 Å². The van der Waals surface area contributed by atoms with E-state index in [2.05, 4.69) is 10.5 Å². The van der Waals surface area contributed by atoms with E-state index >= 15 is 0 Å². The summed E-state index contributed by atoms with van der Waals surface area (Å²) in [6.07, 6.45) is 3.87. The molecule has 24 heavy (non-hydrogen) atoms. The Labute approximate surface area is 141 Å². The number of rotatable bonds is 6. The summed E-state index contributed by atoms with van der Waals surface area (Å²) in [5.74, 6) is -0.0779. The molecule has 1 aromatic carbocycles. The highest BCUT2D eigenvalue weighted by atomic mass is 32.2. The third-order valence-corrected chi connectivity index (χ3v) is 4.53. The molecule has 0 saturated carbocycles. The van der Waals surface area contributed by atoms with Crippen LogP contribution in [0.15, 0.2) is 46.1 Å². The van der Waals surface area contributed by atoms with Crippen molar-refractivity contribution < 1.29 is 17.6 Å². The lowest BCUT2D eigenvalue weighted by Gasteiger charge is -2.22. The van der Waals surface area contributed by atoms with Crippen LogP contribution in [0, 0.1) is 13.8 Å². The topological polar surface area (TPSA) is 92.0 Å². The van der Waals surface area contributed by atoms with Crippen LogP contribution >= 0.6 is 0 Å². The Balaban J connectivity index is 2.11. The first-order chi connectivity index (χ1) is 11.3. The van der Waals surface area contributed by atoms with Gasteiger partial charge >= 0.3 is 0 Å². The molecule has 8 heteroatoms. The van der Waals surface area contributed by atoms with E-state index in [0.29, 0.717) is 11.4 Å². The molecule has 0 unspecified atom stereocenters. The summed E-state index contributed by atoms with van der Waals surface area (Å²) in [5, 5.41) is 3.73. The van der Waals surface area contributed by atoms with Gasteiger partial charge in [0.1, 0.15) is 12.3 Å². The zero-order chi connectivity index (χ0) is 17.7. The van der Waals surface area contributed by atoms with E-state index in [0.717, 1.165) is 21.7 Å². The molecule has 0 atom stereocenters. The summed E-state index contributed by atoms with van der Waals surface area (Å²) in [6, 6.07) is 8.58. The Morgan fingerprint density at radius 2 is 2.04 bits per heavy atom. The molecule has 0 aliphatic rings. The average Bonchev–Trinajstić information content (AvgIpc) is 3.00. The first kappa shape index (κ1) is 17.7. The van der Waals surface area contributed by atoms with Gasteiger partial charge in [-0.2, -0.15) is 5.10 Å². The lowest BCUT2D eigenvalue weighted by atomic mass is 10.1. The number of carbonyl (C=O) groups is 1. The minimum atomic E-state index is -3.61. The number of furan rings is 1. The van der Waals surface area contributed by atoms with Crippen molar-refractivity contribution in [3.05, 3.63) is 53.5 Å². The zero-order valence-corrected chi connectivity index (χ0v) is 14.5. The van der Waals surface area contributed by atoms with Gasteiger partial charge in [-0.15, -0.1) is 0 Å². The Bertz CT molecular complexity index is 842. The van der Waals surface area contributed by atoms with Gasteiger partial charge in [0, 0.05) is 0 Å². The molecule has 0 spiro atoms. The van der Waals surface area contributed by atoms with E-state index in [1.54, 1.807) is 24.3 Å². The molecule has 0 aliphatic carbocycles. The van der Waals surface area contributed by atoms with Crippen molar-refractivity contribution in [3.63, 3.8) is 0 Å². The third kappa shape index (κ3) is 4.69. The average molecular weight is 349 g/mol. The fraction of sp³-hybridized carbons (Fsp3) is 0.250. The van der Waals surface area contributed by atoms with Crippen LogP contribution in [0.5, 0.6) is 0 Å². The standard InChI is InChI=1S/C16H19N3O4S/c1-12-6-7-14(9-13(12)2)19(24(3,21)22)11-16(20)18-17-10-15-5-4-8-23-15/h4-10H,11H2,1-3H3,(H,18,20)/b17-10-. The number of anilines is 1. The molecule has 128 valence electrons. The normalized spacial score (nSPS) is 11.6. The van der Waals surface area contributed by atoms with Crippen LogP contribution < -0.4 is 9.73 Å². The fourth-order valence-corrected chi connectivity index (χ4v) is 2.83. The van der Waals surface area contributed by atoms with E-state index in [9.17, 15) is 13.2 Å². The summed E-state index contributed by atoms with van der Waals surface area (Å²) in [7, 11) is -3.61. The lowest BCUT2D eigenvalue weighted by Crippen LogP contribution is -2.39. The van der Waals surface area contributed by atoms with Gasteiger partial charge in [-0.25, -0.2) is 13.8 Å². The van der Waals surface area contributed by atoms with Crippen molar-refractivity contribution in [2.75, 3.05) is 17.1 Å². The number of aryl methyl sites for hydroxylation is 2. The van der Waals surface area contributed by atoms with Gasteiger partial charge in [-0.05, 0) is 49.2 Å². The summed E-state index contributed by atoms with van der Waals surface area (Å²) in [4.78, 5) is 12.0. The predicted octanol–water partition coefficient (Wildman–Crippen LogP) is 1.81. The minimum absolute atomic E-state index is 0.364. The molecule has 0 bridgehead atoms. The molecule has 2 rings (SSSR count). The van der Waals surface area contributed by atoms with Crippen molar-refractivity contribution in [3.8, 4) is 0 Å². The summed E-state index contributed by atoms with van der Waals surface area (Å²) >= 11 is 0. The summed E-state index contributed by atoms with van der Waals surface area (Å²) in [6.45, 7) is 3.45. The SMILES string of the molecule is Cc1ccc(N(CC(=O)N/N=C\c2ccco2)S(C)(=O)=O)cc1C. The van der Waals surface area contributed by atoms with Crippen LogP contribution in [0.25, 0.3) is 0 Å². The number of sulfonamides is 1. The Kier molecular flexibility index (Phi) is 5.40. The lowest BCUT2D eigenvalue weighted by molar-refractivity contribution is -0.119. The maximum Gasteiger partial charge on any atom is 0.260 e. The molecule has 7 nitrogen and oxygen atoms in total. The number of hydrogen-bond donors (Lipinski definition) is 1. The third-order valence-electron chi connectivity index (χ3n) is 3.39. The molecular weight excluding hydrogens is 330 g/mol. The first-order valence-electron chi connectivity index (χ1n) is 7.18. The van der Waals surface area contributed by atoms with Gasteiger partial charge in [-0.3, -0.25) is 9.10 Å². The number of hydrogen-bond acceptors (Lipinski definition) is 5. The second kappa shape index (κ2) is 7.31. The van der Waals surface area contributed by atoms with Gasteiger partial charge in [0.2, 0.25) is 10.0 Å². The fourth-order valence-electron chi connectivity index (χ4n) is 1.98. The second-order valence-corrected chi connectivity index (χ2v) is 7.25. The number of carbonyl (C=O) groups excluding carboxylic acids is 1. The highest BCUT2D eigenvalue weighted by molar-refractivity contribution is 7.92. The molecule has 0 aliphatic heterocycles. The molecule has 0 fully saturated rings. The van der Waals surface area contributed by atoms with E-state index in [4.69, 9.17) is 4.42 Å². The zero-order valence-electron chi connectivity index (χ0n) is 13.7. The first-order valence-corrected chi connectivity index (χ1v) is 9.02. The van der Waals surface area contributed by atoms with Crippen molar-refractivity contribution in [2.45, 2.75) is 13.8 Å². The molecular formula is C16H19N3O4S. The van der Waals surface area contributed by atoms with Crippen LogP contribution in [-0.2, 0) is 14.8 Å². The Hall–Kier alpha value is -2.61. The Morgan fingerprint density at radius 1 is 1.29 bits per heavy atom. The van der Waals surface area contributed by atoms with Gasteiger partial charge < -0.3 is 4.42 Å². The van der Waals surface area contributed by atoms with E-state index in [1.165, 1.54) is 12.5 Å². The molecule has 0 saturated heterocycles. The van der Waals surface area contributed by atoms with Crippen molar-refractivity contribution in [1.82, 2.24) is 5.43 Å². The second-order valence-electron chi connectivity index (χ2n) is 5.35. The maximum atomic E-state index is 12.0. The summed E-state index contributed by atoms with van der Waals surface area (Å²) < 4.78 is 30.1. The maximum absolute atomic E-state index is 12.0. The van der Waals surface area contributed by atoms with E-state index in [1.807, 2.05) is 19.9 Å². The number of benzene rings is 1. The van der Waals surface area contributed by atoms with Gasteiger partial charge in [0.15, 0.2) is 0 Å². The highest BCUT2D eigenvalue weighted by Gasteiger charge is 2.21. The van der Waals surface area contributed by atoms with Gasteiger partial charge in [-0.1, -0.05) is 6.07 Å². The number of nitrogens with zero attached hydrogens (tertiary/aromatic N) is 2. The molecule has 1 amide bonds. The van der Waals surface area contributed by atoms with Crippen LogP contribution in [-0.4, -0.2) is 33.3 Å². The Morgan fingerprint density at radius 3 is 2.62 bits per heavy atom. The molecule has 1 heterocycles. The number of nitrogens with one attached hydrogen (secondary N) is 1. The van der Waals surface area contributed by atoms with Crippen LogP contribution in [0.4, 0.5) is 5.69 Å². The van der Waals surface area contributed by atoms with E-state index in [-0.39, 0.29) is 6.54 Å². The molecule has 0 radical (unpaired) electrons.